The Kier molecular flexibility index (Phi) is 3.17. The number of pyridine rings is 1. The Labute approximate surface area is 123 Å². The number of anilines is 1. The van der Waals surface area contributed by atoms with Crippen LogP contribution >= 0.6 is 11.6 Å². The van der Waals surface area contributed by atoms with Crippen LogP contribution in [-0.4, -0.2) is 4.98 Å². The molecular formula is C16H16ClFN2. The molecule has 1 atom stereocenters. The fourth-order valence-corrected chi connectivity index (χ4v) is 3.09. The second-order valence-electron chi connectivity index (χ2n) is 5.96. The van der Waals surface area contributed by atoms with Crippen molar-refractivity contribution < 1.29 is 4.39 Å². The van der Waals surface area contributed by atoms with Gasteiger partial charge in [-0.05, 0) is 47.2 Å². The van der Waals surface area contributed by atoms with Crippen LogP contribution in [0.1, 0.15) is 31.0 Å². The van der Waals surface area contributed by atoms with Gasteiger partial charge in [0.05, 0.1) is 17.9 Å². The normalized spacial score (nSPS) is 19.7. The summed E-state index contributed by atoms with van der Waals surface area (Å²) >= 11 is 6.12. The zero-order valence-electron chi connectivity index (χ0n) is 11.5. The smallest absolute Gasteiger partial charge is 0.212 e. The van der Waals surface area contributed by atoms with Gasteiger partial charge in [0, 0.05) is 5.02 Å². The molecule has 3 rings (SSSR count). The third kappa shape index (κ3) is 2.38. The molecule has 0 spiro atoms. The molecule has 0 radical (unpaired) electrons. The second kappa shape index (κ2) is 4.74. The number of rotatable bonds is 2. The number of halogens is 2. The van der Waals surface area contributed by atoms with Crippen molar-refractivity contribution in [3.63, 3.8) is 0 Å². The average Bonchev–Trinajstić information content (AvgIpc) is 2.63. The van der Waals surface area contributed by atoms with Crippen molar-refractivity contribution in [2.24, 2.45) is 5.41 Å². The van der Waals surface area contributed by atoms with E-state index < -0.39 is 5.95 Å². The van der Waals surface area contributed by atoms with Gasteiger partial charge >= 0.3 is 0 Å². The number of fused-ring (bicyclic) bond motifs is 1. The summed E-state index contributed by atoms with van der Waals surface area (Å²) in [4.78, 5) is 3.69. The number of benzene rings is 1. The molecule has 4 heteroatoms. The maximum Gasteiger partial charge on any atom is 0.212 e. The Bertz CT molecular complexity index is 637. The Morgan fingerprint density at radius 1 is 1.30 bits per heavy atom. The standard InChI is InChI=1S/C16H16ClFN2/c1-16(2)8-10-3-4-11(17)7-13(10)15(16)20-12-5-6-14(18)19-9-12/h3-7,9,15,20H,8H2,1-2H3. The first-order chi connectivity index (χ1) is 9.45. The van der Waals surface area contributed by atoms with Gasteiger partial charge in [0.15, 0.2) is 0 Å². The van der Waals surface area contributed by atoms with Crippen LogP contribution in [0.2, 0.25) is 5.02 Å². The van der Waals surface area contributed by atoms with Gasteiger partial charge in [0.25, 0.3) is 0 Å². The molecule has 0 bridgehead atoms. The minimum absolute atomic E-state index is 0.0708. The third-order valence-electron chi connectivity index (χ3n) is 3.88. The fraction of sp³-hybridized carbons (Fsp3) is 0.312. The van der Waals surface area contributed by atoms with Crippen LogP contribution < -0.4 is 5.32 Å². The molecule has 20 heavy (non-hydrogen) atoms. The van der Waals surface area contributed by atoms with Gasteiger partial charge < -0.3 is 5.32 Å². The maximum atomic E-state index is 12.9. The zero-order chi connectivity index (χ0) is 14.3. The number of nitrogens with one attached hydrogen (secondary N) is 1. The van der Waals surface area contributed by atoms with E-state index in [4.69, 9.17) is 11.6 Å². The van der Waals surface area contributed by atoms with Crippen LogP contribution in [0, 0.1) is 11.4 Å². The SMILES string of the molecule is CC1(C)Cc2ccc(Cl)cc2C1Nc1ccc(F)nc1. The van der Waals surface area contributed by atoms with E-state index in [0.717, 1.165) is 17.1 Å². The summed E-state index contributed by atoms with van der Waals surface area (Å²) in [7, 11) is 0. The lowest BCUT2D eigenvalue weighted by Gasteiger charge is -2.29. The second-order valence-corrected chi connectivity index (χ2v) is 6.39. The molecule has 0 amide bonds. The highest BCUT2D eigenvalue weighted by atomic mass is 35.5. The van der Waals surface area contributed by atoms with Crippen molar-refractivity contribution in [2.75, 3.05) is 5.32 Å². The van der Waals surface area contributed by atoms with Gasteiger partial charge in [0.1, 0.15) is 0 Å². The van der Waals surface area contributed by atoms with Gasteiger partial charge in [-0.2, -0.15) is 4.39 Å². The van der Waals surface area contributed by atoms with Crippen LogP contribution in [0.4, 0.5) is 10.1 Å². The van der Waals surface area contributed by atoms with Crippen molar-refractivity contribution in [2.45, 2.75) is 26.3 Å². The Balaban J connectivity index is 1.95. The van der Waals surface area contributed by atoms with Crippen molar-refractivity contribution in [1.82, 2.24) is 4.98 Å². The molecule has 104 valence electrons. The lowest BCUT2D eigenvalue weighted by molar-refractivity contribution is 0.337. The number of hydrogen-bond acceptors (Lipinski definition) is 2. The molecule has 1 aromatic heterocycles. The van der Waals surface area contributed by atoms with E-state index in [1.54, 1.807) is 6.07 Å². The summed E-state index contributed by atoms with van der Waals surface area (Å²) in [6.45, 7) is 4.44. The molecule has 1 unspecified atom stereocenters. The topological polar surface area (TPSA) is 24.9 Å². The van der Waals surface area contributed by atoms with Crippen LogP contribution in [0.3, 0.4) is 0 Å². The molecule has 1 heterocycles. The van der Waals surface area contributed by atoms with Gasteiger partial charge in [0.2, 0.25) is 5.95 Å². The predicted molar refractivity (Wildman–Crippen MR) is 79.5 cm³/mol. The first-order valence-electron chi connectivity index (χ1n) is 6.62. The fourth-order valence-electron chi connectivity index (χ4n) is 2.91. The van der Waals surface area contributed by atoms with E-state index in [-0.39, 0.29) is 11.5 Å². The minimum Gasteiger partial charge on any atom is -0.376 e. The van der Waals surface area contributed by atoms with Crippen LogP contribution in [0.15, 0.2) is 36.5 Å². The van der Waals surface area contributed by atoms with Gasteiger partial charge in [-0.25, -0.2) is 4.98 Å². The van der Waals surface area contributed by atoms with Gasteiger partial charge in [-0.15, -0.1) is 0 Å². The predicted octanol–water partition coefficient (Wildman–Crippen LogP) is 4.61. The van der Waals surface area contributed by atoms with Crippen molar-refractivity contribution in [1.29, 1.82) is 0 Å². The highest BCUT2D eigenvalue weighted by molar-refractivity contribution is 6.30. The van der Waals surface area contributed by atoms with Crippen LogP contribution in [0.5, 0.6) is 0 Å². The van der Waals surface area contributed by atoms with E-state index in [1.165, 1.54) is 23.4 Å². The van der Waals surface area contributed by atoms with Gasteiger partial charge in [-0.3, -0.25) is 0 Å². The monoisotopic (exact) mass is 290 g/mol. The molecule has 0 fully saturated rings. The van der Waals surface area contributed by atoms with E-state index in [9.17, 15) is 4.39 Å². The third-order valence-corrected chi connectivity index (χ3v) is 4.12. The zero-order valence-corrected chi connectivity index (χ0v) is 12.2. The maximum absolute atomic E-state index is 12.9. The van der Waals surface area contributed by atoms with E-state index >= 15 is 0 Å². The molecule has 1 N–H and O–H groups in total. The van der Waals surface area contributed by atoms with Crippen LogP contribution in [0.25, 0.3) is 0 Å². The average molecular weight is 291 g/mol. The highest BCUT2D eigenvalue weighted by Crippen LogP contribution is 2.47. The summed E-state index contributed by atoms with van der Waals surface area (Å²) in [5.74, 6) is -0.468. The summed E-state index contributed by atoms with van der Waals surface area (Å²) in [6, 6.07) is 9.25. The van der Waals surface area contributed by atoms with Crippen LogP contribution in [-0.2, 0) is 6.42 Å². The van der Waals surface area contributed by atoms with Crippen molar-refractivity contribution in [3.8, 4) is 0 Å². The Morgan fingerprint density at radius 2 is 2.10 bits per heavy atom. The molecule has 1 aliphatic rings. The molecule has 2 aromatic rings. The number of aromatic nitrogens is 1. The quantitative estimate of drug-likeness (QED) is 0.817. The minimum atomic E-state index is -0.468. The summed E-state index contributed by atoms with van der Waals surface area (Å²) in [5.41, 5.74) is 3.41. The van der Waals surface area contributed by atoms with Gasteiger partial charge in [-0.1, -0.05) is 31.5 Å². The first kappa shape index (κ1) is 13.4. The molecule has 0 aliphatic heterocycles. The first-order valence-corrected chi connectivity index (χ1v) is 7.00. The molecule has 0 saturated carbocycles. The number of hydrogen-bond donors (Lipinski definition) is 1. The lowest BCUT2D eigenvalue weighted by atomic mass is 9.85. The molecule has 1 aromatic carbocycles. The van der Waals surface area contributed by atoms with E-state index in [1.807, 2.05) is 12.1 Å². The van der Waals surface area contributed by atoms with Crippen molar-refractivity contribution in [3.05, 3.63) is 58.6 Å². The lowest BCUT2D eigenvalue weighted by Crippen LogP contribution is -2.24. The number of nitrogens with zero attached hydrogens (tertiary/aromatic N) is 1. The van der Waals surface area contributed by atoms with Crippen molar-refractivity contribution >= 4 is 17.3 Å². The van der Waals surface area contributed by atoms with E-state index in [2.05, 4.69) is 30.2 Å². The summed E-state index contributed by atoms with van der Waals surface area (Å²) < 4.78 is 12.9. The summed E-state index contributed by atoms with van der Waals surface area (Å²) in [5, 5.41) is 4.20. The largest absolute Gasteiger partial charge is 0.376 e. The highest BCUT2D eigenvalue weighted by Gasteiger charge is 2.39. The molecular weight excluding hydrogens is 275 g/mol. The summed E-state index contributed by atoms with van der Waals surface area (Å²) in [6.07, 6.45) is 2.51. The molecule has 0 saturated heterocycles. The molecule has 1 aliphatic carbocycles. The molecule has 2 nitrogen and oxygen atoms in total. The Morgan fingerprint density at radius 3 is 2.80 bits per heavy atom. The Hall–Kier alpha value is -1.61. The van der Waals surface area contributed by atoms with E-state index in [0.29, 0.717) is 0 Å².